The fourth-order valence-electron chi connectivity index (χ4n) is 1.71. The molecule has 94 valence electrons. The van der Waals surface area contributed by atoms with E-state index in [-0.39, 0.29) is 12.4 Å². The molecule has 2 aromatic rings. The zero-order chi connectivity index (χ0) is 13.3. The first-order valence-electron chi connectivity index (χ1n) is 5.45. The molecular weight excluding hydrogens is 256 g/mol. The second-order valence-corrected chi connectivity index (χ2v) is 4.13. The lowest BCUT2D eigenvalue weighted by Gasteiger charge is -1.98. The molecule has 0 radical (unpaired) electrons. The van der Waals surface area contributed by atoms with Crippen molar-refractivity contribution in [2.75, 3.05) is 6.61 Å². The Labute approximate surface area is 108 Å². The number of para-hydroxylation sites is 1. The van der Waals surface area contributed by atoms with Crippen LogP contribution in [-0.4, -0.2) is 18.4 Å². The molecule has 0 bridgehead atoms. The van der Waals surface area contributed by atoms with Gasteiger partial charge in [-0.05, 0) is 19.9 Å². The SMILES string of the molecule is CCOC(=O)C(=O)c1oc2c(Cl)cccc2c1C. The minimum atomic E-state index is -0.921. The van der Waals surface area contributed by atoms with Crippen molar-refractivity contribution in [1.29, 1.82) is 0 Å². The van der Waals surface area contributed by atoms with Gasteiger partial charge < -0.3 is 9.15 Å². The van der Waals surface area contributed by atoms with Gasteiger partial charge in [0, 0.05) is 10.9 Å². The summed E-state index contributed by atoms with van der Waals surface area (Å²) >= 11 is 5.97. The molecule has 5 heteroatoms. The number of ketones is 1. The van der Waals surface area contributed by atoms with Gasteiger partial charge in [-0.1, -0.05) is 23.7 Å². The lowest BCUT2D eigenvalue weighted by Crippen LogP contribution is -2.17. The third-order valence-electron chi connectivity index (χ3n) is 2.58. The van der Waals surface area contributed by atoms with Gasteiger partial charge >= 0.3 is 11.8 Å². The molecule has 18 heavy (non-hydrogen) atoms. The van der Waals surface area contributed by atoms with Crippen molar-refractivity contribution in [3.8, 4) is 0 Å². The third kappa shape index (κ3) is 1.99. The van der Waals surface area contributed by atoms with E-state index in [0.717, 1.165) is 5.39 Å². The Morgan fingerprint density at radius 3 is 2.72 bits per heavy atom. The summed E-state index contributed by atoms with van der Waals surface area (Å²) in [6, 6.07) is 5.19. The summed E-state index contributed by atoms with van der Waals surface area (Å²) in [4.78, 5) is 23.2. The van der Waals surface area contributed by atoms with E-state index in [9.17, 15) is 9.59 Å². The molecule has 0 aliphatic heterocycles. The van der Waals surface area contributed by atoms with Crippen molar-refractivity contribution < 1.29 is 18.7 Å². The van der Waals surface area contributed by atoms with Gasteiger partial charge in [0.2, 0.25) is 0 Å². The number of hydrogen-bond donors (Lipinski definition) is 0. The van der Waals surface area contributed by atoms with Gasteiger partial charge in [-0.25, -0.2) is 4.79 Å². The number of esters is 1. The third-order valence-corrected chi connectivity index (χ3v) is 2.88. The summed E-state index contributed by atoms with van der Waals surface area (Å²) in [6.45, 7) is 3.48. The van der Waals surface area contributed by atoms with Crippen LogP contribution in [0.25, 0.3) is 11.0 Å². The molecule has 4 nitrogen and oxygen atoms in total. The number of carbonyl (C=O) groups is 2. The maximum Gasteiger partial charge on any atom is 0.383 e. The Kier molecular flexibility index (Phi) is 3.39. The average Bonchev–Trinajstić information content (AvgIpc) is 2.68. The van der Waals surface area contributed by atoms with Gasteiger partial charge in [0.05, 0.1) is 11.6 Å². The largest absolute Gasteiger partial charge is 0.460 e. The van der Waals surface area contributed by atoms with Crippen LogP contribution in [0.2, 0.25) is 5.02 Å². The molecule has 0 fully saturated rings. The molecule has 0 saturated carbocycles. The highest BCUT2D eigenvalue weighted by atomic mass is 35.5. The van der Waals surface area contributed by atoms with Gasteiger partial charge in [-0.15, -0.1) is 0 Å². The molecular formula is C13H11ClO4. The Hall–Kier alpha value is -1.81. The number of benzene rings is 1. The molecule has 0 unspecified atom stereocenters. The first-order valence-corrected chi connectivity index (χ1v) is 5.83. The molecule has 1 heterocycles. The quantitative estimate of drug-likeness (QED) is 0.486. The molecule has 1 aromatic carbocycles. The zero-order valence-corrected chi connectivity index (χ0v) is 10.7. The number of rotatable bonds is 3. The Morgan fingerprint density at radius 1 is 1.39 bits per heavy atom. The number of aryl methyl sites for hydroxylation is 1. The predicted octanol–water partition coefficient (Wildman–Crippen LogP) is 3.14. The van der Waals surface area contributed by atoms with Crippen LogP contribution in [0.4, 0.5) is 0 Å². The lowest BCUT2D eigenvalue weighted by molar-refractivity contribution is -0.137. The standard InChI is InChI=1S/C13H11ClO4/c1-3-17-13(16)10(15)11-7(2)8-5-4-6-9(14)12(8)18-11/h4-6H,3H2,1-2H3. The van der Waals surface area contributed by atoms with Gasteiger partial charge in [0.15, 0.2) is 11.3 Å². The number of hydrogen-bond acceptors (Lipinski definition) is 4. The van der Waals surface area contributed by atoms with Gasteiger partial charge in [0.1, 0.15) is 0 Å². The summed E-state index contributed by atoms with van der Waals surface area (Å²) < 4.78 is 10.0. The highest BCUT2D eigenvalue weighted by Gasteiger charge is 2.25. The molecule has 1 aromatic heterocycles. The number of ether oxygens (including phenoxy) is 1. The fourth-order valence-corrected chi connectivity index (χ4v) is 1.93. The van der Waals surface area contributed by atoms with Crippen molar-refractivity contribution in [3.63, 3.8) is 0 Å². The van der Waals surface area contributed by atoms with E-state index in [0.29, 0.717) is 16.2 Å². The van der Waals surface area contributed by atoms with Crippen molar-refractivity contribution in [2.45, 2.75) is 13.8 Å². The number of furan rings is 1. The number of carbonyl (C=O) groups excluding carboxylic acids is 2. The van der Waals surface area contributed by atoms with Crippen molar-refractivity contribution >= 4 is 34.3 Å². The Morgan fingerprint density at radius 2 is 2.11 bits per heavy atom. The first-order chi connectivity index (χ1) is 8.56. The summed E-state index contributed by atoms with van der Waals surface area (Å²) in [5.41, 5.74) is 0.995. The lowest BCUT2D eigenvalue weighted by atomic mass is 10.1. The molecule has 0 N–H and O–H groups in total. The van der Waals surface area contributed by atoms with Crippen molar-refractivity contribution in [2.24, 2.45) is 0 Å². The molecule has 0 aliphatic carbocycles. The zero-order valence-electron chi connectivity index (χ0n) is 9.95. The van der Waals surface area contributed by atoms with E-state index >= 15 is 0 Å². The summed E-state index contributed by atoms with van der Waals surface area (Å²) in [5, 5.41) is 1.12. The van der Waals surface area contributed by atoms with Crippen LogP contribution >= 0.6 is 11.6 Å². The summed E-state index contributed by atoms with van der Waals surface area (Å²) in [6.07, 6.45) is 0. The van der Waals surface area contributed by atoms with Gasteiger partial charge in [-0.2, -0.15) is 0 Å². The second kappa shape index (κ2) is 4.82. The van der Waals surface area contributed by atoms with Gasteiger partial charge in [-0.3, -0.25) is 4.79 Å². The predicted molar refractivity (Wildman–Crippen MR) is 66.9 cm³/mol. The molecule has 0 aliphatic rings. The second-order valence-electron chi connectivity index (χ2n) is 3.72. The average molecular weight is 267 g/mol. The monoisotopic (exact) mass is 266 g/mol. The Bertz CT molecular complexity index is 627. The minimum absolute atomic E-state index is 0.0171. The van der Waals surface area contributed by atoms with Crippen LogP contribution in [0.5, 0.6) is 0 Å². The molecule has 0 atom stereocenters. The highest BCUT2D eigenvalue weighted by Crippen LogP contribution is 2.30. The molecule has 0 spiro atoms. The van der Waals surface area contributed by atoms with Crippen LogP contribution in [0.1, 0.15) is 23.0 Å². The topological polar surface area (TPSA) is 56.5 Å². The van der Waals surface area contributed by atoms with E-state index < -0.39 is 11.8 Å². The van der Waals surface area contributed by atoms with Gasteiger partial charge in [0.25, 0.3) is 0 Å². The van der Waals surface area contributed by atoms with Crippen LogP contribution in [-0.2, 0) is 9.53 Å². The van der Waals surface area contributed by atoms with Crippen LogP contribution in [0.3, 0.4) is 0 Å². The first kappa shape index (κ1) is 12.6. The smallest absolute Gasteiger partial charge is 0.383 e. The normalized spacial score (nSPS) is 10.6. The number of fused-ring (bicyclic) bond motifs is 1. The van der Waals surface area contributed by atoms with Crippen LogP contribution < -0.4 is 0 Å². The van der Waals surface area contributed by atoms with Crippen molar-refractivity contribution in [3.05, 3.63) is 34.5 Å². The maximum absolute atomic E-state index is 11.8. The van der Waals surface area contributed by atoms with E-state index in [4.69, 9.17) is 16.0 Å². The van der Waals surface area contributed by atoms with E-state index in [1.54, 1.807) is 32.0 Å². The molecule has 0 amide bonds. The minimum Gasteiger partial charge on any atom is -0.460 e. The molecule has 2 rings (SSSR count). The fraction of sp³-hybridized carbons (Fsp3) is 0.231. The van der Waals surface area contributed by atoms with E-state index in [2.05, 4.69) is 4.74 Å². The van der Waals surface area contributed by atoms with Crippen LogP contribution in [0, 0.1) is 6.92 Å². The highest BCUT2D eigenvalue weighted by molar-refractivity contribution is 6.41. The van der Waals surface area contributed by atoms with E-state index in [1.165, 1.54) is 0 Å². The summed E-state index contributed by atoms with van der Waals surface area (Å²) in [5.74, 6) is -1.73. The Balaban J connectivity index is 2.52. The van der Waals surface area contributed by atoms with E-state index in [1.807, 2.05) is 0 Å². The number of halogens is 1. The molecule has 0 saturated heterocycles. The summed E-state index contributed by atoms with van der Waals surface area (Å²) in [7, 11) is 0. The van der Waals surface area contributed by atoms with Crippen LogP contribution in [0.15, 0.2) is 22.6 Å². The number of Topliss-reactive ketones (excluding diaryl/α,β-unsaturated/α-hetero) is 1. The maximum atomic E-state index is 11.8. The van der Waals surface area contributed by atoms with Crippen molar-refractivity contribution in [1.82, 2.24) is 0 Å².